The van der Waals surface area contributed by atoms with Crippen molar-refractivity contribution in [1.29, 1.82) is 0 Å². The Bertz CT molecular complexity index is 518. The Hall–Kier alpha value is -1.56. The summed E-state index contributed by atoms with van der Waals surface area (Å²) in [5.74, 6) is -0.519. The lowest BCUT2D eigenvalue weighted by molar-refractivity contribution is -0.137. The van der Waals surface area contributed by atoms with Crippen molar-refractivity contribution in [2.45, 2.75) is 39.2 Å². The summed E-state index contributed by atoms with van der Waals surface area (Å²) in [6.07, 6.45) is 6.47. The molecule has 4 atom stereocenters. The molecule has 0 aromatic heterocycles. The first-order valence-corrected chi connectivity index (χ1v) is 8.17. The Morgan fingerprint density at radius 2 is 2.14 bits per heavy atom. The third-order valence-electron chi connectivity index (χ3n) is 4.69. The predicted octanol–water partition coefficient (Wildman–Crippen LogP) is 1.93. The highest BCUT2D eigenvalue weighted by Crippen LogP contribution is 2.31. The molecule has 0 radical (unpaired) electrons. The molecule has 22 heavy (non-hydrogen) atoms. The lowest BCUT2D eigenvalue weighted by Crippen LogP contribution is -2.58. The van der Waals surface area contributed by atoms with E-state index in [1.165, 1.54) is 17.5 Å². The third kappa shape index (κ3) is 3.43. The lowest BCUT2D eigenvalue weighted by atomic mass is 9.78. The molecule has 0 aromatic carbocycles. The summed E-state index contributed by atoms with van der Waals surface area (Å²) in [7, 11) is 0. The Morgan fingerprint density at radius 3 is 2.82 bits per heavy atom. The Kier molecular flexibility index (Phi) is 5.45. The quantitative estimate of drug-likeness (QED) is 0.372. The molecule has 0 spiro atoms. The van der Waals surface area contributed by atoms with Gasteiger partial charge in [0.15, 0.2) is 11.0 Å². The molecule has 1 saturated carbocycles. The van der Waals surface area contributed by atoms with E-state index in [1.807, 2.05) is 0 Å². The summed E-state index contributed by atoms with van der Waals surface area (Å²) in [6.45, 7) is 8.32. The van der Waals surface area contributed by atoms with Gasteiger partial charge in [0.05, 0.1) is 6.04 Å². The second kappa shape index (κ2) is 7.13. The Balaban J connectivity index is 2.11. The summed E-state index contributed by atoms with van der Waals surface area (Å²) in [6, 6.07) is 0.186. The summed E-state index contributed by atoms with van der Waals surface area (Å²) < 4.78 is 0. The maximum absolute atomic E-state index is 12.4. The van der Waals surface area contributed by atoms with Gasteiger partial charge in [0.2, 0.25) is 11.8 Å². The molecular weight excluding hydrogens is 298 g/mol. The van der Waals surface area contributed by atoms with Crippen LogP contribution < -0.4 is 5.32 Å². The molecule has 1 N–H and O–H groups in total. The van der Waals surface area contributed by atoms with Crippen LogP contribution in [0.1, 0.15) is 33.1 Å². The van der Waals surface area contributed by atoms with Crippen molar-refractivity contribution >= 4 is 35.4 Å². The van der Waals surface area contributed by atoms with Crippen molar-refractivity contribution in [3.63, 3.8) is 0 Å². The largest absolute Gasteiger partial charge is 0.302 e. The van der Waals surface area contributed by atoms with E-state index in [4.69, 9.17) is 12.2 Å². The summed E-state index contributed by atoms with van der Waals surface area (Å²) >= 11 is 5.02. The number of carbonyl (C=O) groups is 2. The molecule has 2 rings (SSSR count). The maximum atomic E-state index is 12.4. The summed E-state index contributed by atoms with van der Waals surface area (Å²) in [4.78, 5) is 30.3. The van der Waals surface area contributed by atoms with Crippen LogP contribution in [0.5, 0.6) is 0 Å². The molecule has 1 saturated heterocycles. The van der Waals surface area contributed by atoms with Gasteiger partial charge in [-0.05, 0) is 30.5 Å². The van der Waals surface area contributed by atoms with Crippen molar-refractivity contribution in [1.82, 2.24) is 10.2 Å². The van der Waals surface area contributed by atoms with Crippen LogP contribution in [0, 0.1) is 17.8 Å². The fourth-order valence-electron chi connectivity index (χ4n) is 3.03. The minimum absolute atomic E-state index is 0.138. The highest BCUT2D eigenvalue weighted by molar-refractivity contribution is 7.80. The molecule has 120 valence electrons. The van der Waals surface area contributed by atoms with Crippen LogP contribution in [-0.4, -0.2) is 40.6 Å². The average molecular weight is 321 g/mol. The van der Waals surface area contributed by atoms with E-state index in [2.05, 4.69) is 30.7 Å². The number of aliphatic imine (C=N–C) groups is 1. The minimum atomic E-state index is -0.893. The number of amides is 2. The van der Waals surface area contributed by atoms with Crippen LogP contribution in [-0.2, 0) is 9.59 Å². The normalized spacial score (nSPS) is 33.2. The van der Waals surface area contributed by atoms with E-state index in [9.17, 15) is 9.59 Å². The SMILES string of the molecule is C=CCN1C(=O)C(C=N[C@@H]2CCC[C@H](C)[C@H]2C)C(=O)NC1=S. The average Bonchev–Trinajstić information content (AvgIpc) is 2.47. The molecular formula is C16H23N3O2S. The first-order chi connectivity index (χ1) is 10.5. The topological polar surface area (TPSA) is 61.8 Å². The zero-order valence-corrected chi connectivity index (χ0v) is 13.9. The third-order valence-corrected chi connectivity index (χ3v) is 5.01. The second-order valence-corrected chi connectivity index (χ2v) is 6.53. The zero-order chi connectivity index (χ0) is 16.3. The van der Waals surface area contributed by atoms with Gasteiger partial charge in [0, 0.05) is 12.8 Å². The van der Waals surface area contributed by atoms with Crippen LogP contribution in [0.3, 0.4) is 0 Å². The van der Waals surface area contributed by atoms with E-state index in [0.29, 0.717) is 18.4 Å². The number of thiocarbonyl (C=S) groups is 1. The van der Waals surface area contributed by atoms with Gasteiger partial charge in [-0.15, -0.1) is 6.58 Å². The first kappa shape index (κ1) is 16.8. The van der Waals surface area contributed by atoms with Gasteiger partial charge in [-0.25, -0.2) is 0 Å². The fraction of sp³-hybridized carbons (Fsp3) is 0.625. The van der Waals surface area contributed by atoms with Crippen LogP contribution >= 0.6 is 12.2 Å². The molecule has 1 unspecified atom stereocenters. The molecule has 1 heterocycles. The van der Waals surface area contributed by atoms with E-state index >= 15 is 0 Å². The standard InChI is InChI=1S/C16H23N3O2S/c1-4-8-19-15(21)12(14(20)18-16(19)22)9-17-13-7-5-6-10(2)11(13)3/h4,9-13H,1,5-8H2,2-3H3,(H,18,20,22)/t10-,11+,12?,13+/m0/s1. The van der Waals surface area contributed by atoms with Crippen LogP contribution in [0.15, 0.2) is 17.6 Å². The molecule has 2 fully saturated rings. The molecule has 1 aliphatic carbocycles. The first-order valence-electron chi connectivity index (χ1n) is 7.76. The molecule has 2 aliphatic rings. The van der Waals surface area contributed by atoms with E-state index < -0.39 is 11.8 Å². The Morgan fingerprint density at radius 1 is 1.41 bits per heavy atom. The number of rotatable bonds is 4. The van der Waals surface area contributed by atoms with Crippen molar-refractivity contribution in [3.8, 4) is 0 Å². The van der Waals surface area contributed by atoms with E-state index in [0.717, 1.165) is 12.8 Å². The minimum Gasteiger partial charge on any atom is -0.302 e. The van der Waals surface area contributed by atoms with Crippen LogP contribution in [0.4, 0.5) is 0 Å². The van der Waals surface area contributed by atoms with Gasteiger partial charge in [0.25, 0.3) is 0 Å². The number of carbonyl (C=O) groups excluding carboxylic acids is 2. The van der Waals surface area contributed by atoms with Gasteiger partial charge in [0.1, 0.15) is 0 Å². The number of hydrogen-bond donors (Lipinski definition) is 1. The summed E-state index contributed by atoms with van der Waals surface area (Å²) in [5.41, 5.74) is 0. The van der Waals surface area contributed by atoms with Gasteiger partial charge < -0.3 is 5.32 Å². The van der Waals surface area contributed by atoms with Crippen molar-refractivity contribution in [2.75, 3.05) is 6.54 Å². The fourth-order valence-corrected chi connectivity index (χ4v) is 3.29. The van der Waals surface area contributed by atoms with Crippen molar-refractivity contribution in [2.24, 2.45) is 22.7 Å². The van der Waals surface area contributed by atoms with E-state index in [-0.39, 0.29) is 17.1 Å². The maximum Gasteiger partial charge on any atom is 0.247 e. The highest BCUT2D eigenvalue weighted by atomic mass is 32.1. The monoisotopic (exact) mass is 321 g/mol. The lowest BCUT2D eigenvalue weighted by Gasteiger charge is -2.33. The smallest absolute Gasteiger partial charge is 0.247 e. The van der Waals surface area contributed by atoms with Crippen molar-refractivity contribution < 1.29 is 9.59 Å². The van der Waals surface area contributed by atoms with E-state index in [1.54, 1.807) is 6.08 Å². The summed E-state index contributed by atoms with van der Waals surface area (Å²) in [5, 5.41) is 2.70. The number of nitrogens with one attached hydrogen (secondary N) is 1. The second-order valence-electron chi connectivity index (χ2n) is 6.14. The van der Waals surface area contributed by atoms with Gasteiger partial charge in [-0.3, -0.25) is 19.5 Å². The number of hydrogen-bond acceptors (Lipinski definition) is 4. The molecule has 1 aliphatic heterocycles. The Labute approximate surface area is 136 Å². The molecule has 0 aromatic rings. The molecule has 6 heteroatoms. The van der Waals surface area contributed by atoms with Gasteiger partial charge in [-0.1, -0.05) is 32.8 Å². The van der Waals surface area contributed by atoms with Crippen molar-refractivity contribution in [3.05, 3.63) is 12.7 Å². The highest BCUT2D eigenvalue weighted by Gasteiger charge is 2.37. The molecule has 5 nitrogen and oxygen atoms in total. The number of nitrogens with zero attached hydrogens (tertiary/aromatic N) is 2. The van der Waals surface area contributed by atoms with Gasteiger partial charge >= 0.3 is 0 Å². The molecule has 2 amide bonds. The van der Waals surface area contributed by atoms with Gasteiger partial charge in [-0.2, -0.15) is 0 Å². The van der Waals surface area contributed by atoms with Crippen LogP contribution in [0.25, 0.3) is 0 Å². The predicted molar refractivity (Wildman–Crippen MR) is 90.6 cm³/mol. The zero-order valence-electron chi connectivity index (χ0n) is 13.1. The molecule has 0 bridgehead atoms. The van der Waals surface area contributed by atoms with Crippen LogP contribution in [0.2, 0.25) is 0 Å².